The van der Waals surface area contributed by atoms with E-state index >= 15 is 0 Å². The summed E-state index contributed by atoms with van der Waals surface area (Å²) in [6.07, 6.45) is -2.69. The highest BCUT2D eigenvalue weighted by Crippen LogP contribution is 2.29. The fourth-order valence-electron chi connectivity index (χ4n) is 1.02. The summed E-state index contributed by atoms with van der Waals surface area (Å²) in [5.41, 5.74) is 0.128. The van der Waals surface area contributed by atoms with Crippen molar-refractivity contribution in [3.8, 4) is 0 Å². The second-order valence-electron chi connectivity index (χ2n) is 2.86. The van der Waals surface area contributed by atoms with Gasteiger partial charge >= 0.3 is 5.97 Å². The molecule has 1 heterocycles. The van der Waals surface area contributed by atoms with Crippen LogP contribution in [0.2, 0.25) is 0 Å². The van der Waals surface area contributed by atoms with Crippen molar-refractivity contribution in [3.05, 3.63) is 26.4 Å². The van der Waals surface area contributed by atoms with Crippen molar-refractivity contribution in [3.63, 3.8) is 0 Å². The molecule has 16 heavy (non-hydrogen) atoms. The Morgan fingerprint density at radius 3 is 2.69 bits per heavy atom. The SMILES string of the molecule is COC(=O)Cc1cc(Br)c(C(F)F)nc1Br. The zero-order valence-electron chi connectivity index (χ0n) is 8.14. The van der Waals surface area contributed by atoms with Crippen molar-refractivity contribution in [2.45, 2.75) is 12.8 Å². The summed E-state index contributed by atoms with van der Waals surface area (Å²) in [5, 5.41) is 0. The van der Waals surface area contributed by atoms with Crippen molar-refractivity contribution in [1.29, 1.82) is 0 Å². The normalized spacial score (nSPS) is 10.6. The molecule has 0 fully saturated rings. The number of hydrogen-bond donors (Lipinski definition) is 0. The smallest absolute Gasteiger partial charge is 0.310 e. The van der Waals surface area contributed by atoms with Gasteiger partial charge in [0, 0.05) is 4.47 Å². The van der Waals surface area contributed by atoms with Crippen molar-refractivity contribution < 1.29 is 18.3 Å². The number of ether oxygens (including phenoxy) is 1. The lowest BCUT2D eigenvalue weighted by atomic mass is 10.2. The molecule has 1 rings (SSSR count). The summed E-state index contributed by atoms with van der Waals surface area (Å²) < 4.78 is 29.8. The molecule has 1 aromatic heterocycles. The molecule has 0 saturated heterocycles. The van der Waals surface area contributed by atoms with Gasteiger partial charge in [-0.1, -0.05) is 0 Å². The average Bonchev–Trinajstić information content (AvgIpc) is 2.22. The number of carbonyl (C=O) groups is 1. The molecule has 0 amide bonds. The summed E-state index contributed by atoms with van der Waals surface area (Å²) in [6.45, 7) is 0. The molecule has 0 aliphatic heterocycles. The maximum Gasteiger partial charge on any atom is 0.310 e. The topological polar surface area (TPSA) is 39.2 Å². The Balaban J connectivity index is 3.05. The van der Waals surface area contributed by atoms with E-state index in [1.54, 1.807) is 0 Å². The largest absolute Gasteiger partial charge is 0.469 e. The first-order valence-electron chi connectivity index (χ1n) is 4.15. The lowest BCUT2D eigenvalue weighted by Gasteiger charge is -2.07. The van der Waals surface area contributed by atoms with E-state index in [2.05, 4.69) is 41.6 Å². The first kappa shape index (κ1) is 13.5. The third-order valence-corrected chi connectivity index (χ3v) is 3.12. The Morgan fingerprint density at radius 1 is 1.56 bits per heavy atom. The molecular weight excluding hydrogens is 352 g/mol. The molecule has 3 nitrogen and oxygen atoms in total. The van der Waals surface area contributed by atoms with Gasteiger partial charge in [0.25, 0.3) is 6.43 Å². The number of pyridine rings is 1. The summed E-state index contributed by atoms with van der Waals surface area (Å²) in [5.74, 6) is -0.459. The molecule has 0 aliphatic rings. The lowest BCUT2D eigenvalue weighted by Crippen LogP contribution is -2.07. The molecule has 0 N–H and O–H groups in total. The predicted molar refractivity (Wildman–Crippen MR) is 60.3 cm³/mol. The molecule has 0 aromatic carbocycles. The van der Waals surface area contributed by atoms with Gasteiger partial charge < -0.3 is 4.74 Å². The summed E-state index contributed by atoms with van der Waals surface area (Å²) in [6, 6.07) is 1.43. The number of rotatable bonds is 3. The number of halogens is 4. The maximum absolute atomic E-state index is 12.5. The molecule has 88 valence electrons. The number of hydrogen-bond acceptors (Lipinski definition) is 3. The Kier molecular flexibility index (Phi) is 4.79. The number of alkyl halides is 2. The van der Waals surface area contributed by atoms with Crippen LogP contribution in [0.4, 0.5) is 8.78 Å². The van der Waals surface area contributed by atoms with Gasteiger partial charge in [-0.3, -0.25) is 4.79 Å². The van der Waals surface area contributed by atoms with Crippen LogP contribution in [0.5, 0.6) is 0 Å². The van der Waals surface area contributed by atoms with Crippen LogP contribution in [-0.2, 0) is 16.0 Å². The third-order valence-electron chi connectivity index (χ3n) is 1.80. The number of methoxy groups -OCH3 is 1. The zero-order valence-corrected chi connectivity index (χ0v) is 11.3. The van der Waals surface area contributed by atoms with E-state index < -0.39 is 12.4 Å². The molecule has 0 saturated carbocycles. The first-order valence-corrected chi connectivity index (χ1v) is 5.74. The molecule has 0 aliphatic carbocycles. The standard InChI is InChI=1S/C9H7Br2F2NO2/c1-16-6(15)3-4-2-5(10)7(9(12)13)14-8(4)11/h2,9H,3H2,1H3. The molecule has 0 spiro atoms. The summed E-state index contributed by atoms with van der Waals surface area (Å²) in [7, 11) is 1.26. The highest BCUT2D eigenvalue weighted by molar-refractivity contribution is 9.11. The van der Waals surface area contributed by atoms with Crippen LogP contribution in [-0.4, -0.2) is 18.1 Å². The van der Waals surface area contributed by atoms with Crippen LogP contribution in [0.3, 0.4) is 0 Å². The minimum atomic E-state index is -2.67. The van der Waals surface area contributed by atoms with Crippen molar-refractivity contribution >= 4 is 37.8 Å². The van der Waals surface area contributed by atoms with Crippen LogP contribution in [0.15, 0.2) is 15.1 Å². The van der Waals surface area contributed by atoms with Gasteiger partial charge in [-0.05, 0) is 43.5 Å². The van der Waals surface area contributed by atoms with E-state index in [0.29, 0.717) is 5.56 Å². The van der Waals surface area contributed by atoms with E-state index in [1.807, 2.05) is 0 Å². The van der Waals surface area contributed by atoms with Gasteiger partial charge in [0.15, 0.2) is 0 Å². The van der Waals surface area contributed by atoms with E-state index in [4.69, 9.17) is 0 Å². The van der Waals surface area contributed by atoms with Crippen molar-refractivity contribution in [2.24, 2.45) is 0 Å². The summed E-state index contributed by atoms with van der Waals surface area (Å²) >= 11 is 6.01. The van der Waals surface area contributed by atoms with Crippen LogP contribution < -0.4 is 0 Å². The molecule has 0 atom stereocenters. The average molecular weight is 359 g/mol. The van der Waals surface area contributed by atoms with Gasteiger partial charge in [0.2, 0.25) is 0 Å². The minimum Gasteiger partial charge on any atom is -0.469 e. The summed E-state index contributed by atoms with van der Waals surface area (Å²) in [4.78, 5) is 14.7. The van der Waals surface area contributed by atoms with Crippen LogP contribution in [0.1, 0.15) is 17.7 Å². The van der Waals surface area contributed by atoms with Gasteiger partial charge in [0.05, 0.1) is 13.5 Å². The molecule has 7 heteroatoms. The van der Waals surface area contributed by atoms with Crippen LogP contribution in [0, 0.1) is 0 Å². The van der Waals surface area contributed by atoms with Crippen molar-refractivity contribution in [2.75, 3.05) is 7.11 Å². The fraction of sp³-hybridized carbons (Fsp3) is 0.333. The van der Waals surface area contributed by atoms with Gasteiger partial charge in [-0.25, -0.2) is 13.8 Å². The molecule has 0 bridgehead atoms. The van der Waals surface area contributed by atoms with E-state index in [1.165, 1.54) is 13.2 Å². The second-order valence-corrected chi connectivity index (χ2v) is 4.46. The van der Waals surface area contributed by atoms with Gasteiger partial charge in [-0.15, -0.1) is 0 Å². The number of esters is 1. The first-order chi connectivity index (χ1) is 7.45. The molecule has 0 unspecified atom stereocenters. The Morgan fingerprint density at radius 2 is 2.19 bits per heavy atom. The Labute approximate surface area is 107 Å². The van der Waals surface area contributed by atoms with Crippen molar-refractivity contribution in [1.82, 2.24) is 4.98 Å². The number of carbonyl (C=O) groups excluding carboxylic acids is 1. The maximum atomic E-state index is 12.5. The minimum absolute atomic E-state index is 0.0216. The number of nitrogens with zero attached hydrogens (tertiary/aromatic N) is 1. The molecule has 1 aromatic rings. The highest BCUT2D eigenvalue weighted by atomic mass is 79.9. The Bertz CT molecular complexity index is 413. The fourth-order valence-corrected chi connectivity index (χ4v) is 2.01. The Hall–Kier alpha value is -0.560. The third kappa shape index (κ3) is 3.21. The quantitative estimate of drug-likeness (QED) is 0.615. The van der Waals surface area contributed by atoms with Crippen LogP contribution >= 0.6 is 31.9 Å². The van der Waals surface area contributed by atoms with E-state index in [0.717, 1.165) is 0 Å². The second kappa shape index (κ2) is 5.67. The zero-order chi connectivity index (χ0) is 12.3. The van der Waals surface area contributed by atoms with Gasteiger partial charge in [-0.2, -0.15) is 0 Å². The lowest BCUT2D eigenvalue weighted by molar-refractivity contribution is -0.139. The van der Waals surface area contributed by atoms with Crippen LogP contribution in [0.25, 0.3) is 0 Å². The molecule has 0 radical (unpaired) electrons. The van der Waals surface area contributed by atoms with Gasteiger partial charge in [0.1, 0.15) is 10.3 Å². The van der Waals surface area contributed by atoms with E-state index in [-0.39, 0.29) is 21.2 Å². The highest BCUT2D eigenvalue weighted by Gasteiger charge is 2.17. The number of aromatic nitrogens is 1. The van der Waals surface area contributed by atoms with E-state index in [9.17, 15) is 13.6 Å². The monoisotopic (exact) mass is 357 g/mol. The predicted octanol–water partition coefficient (Wildman–Crippen LogP) is 3.26. The molecular formula is C9H7Br2F2NO2.